The number of hydrogen-bond donors (Lipinski definition) is 1. The number of carboxylic acids is 1. The van der Waals surface area contributed by atoms with E-state index in [0.717, 1.165) is 81.8 Å². The zero-order valence-corrected chi connectivity index (χ0v) is 24.4. The third-order valence-electron chi connectivity index (χ3n) is 8.32. The number of aromatic nitrogens is 4. The molecule has 0 saturated heterocycles. The van der Waals surface area contributed by atoms with Gasteiger partial charge in [-0.05, 0) is 78.6 Å². The van der Waals surface area contributed by atoms with Gasteiger partial charge in [-0.1, -0.05) is 55.1 Å². The van der Waals surface area contributed by atoms with Crippen molar-refractivity contribution in [2.75, 3.05) is 7.11 Å². The molecule has 8 heteroatoms. The number of benzene rings is 3. The minimum atomic E-state index is -1.01. The number of imidazole rings is 1. The Balaban J connectivity index is 1.33. The average Bonchev–Trinajstić information content (AvgIpc) is 3.44. The standard InChI is InChI=1S/C35H29ClN4O3/c1-43-27-13-14-28(21-7-11-25(36)12-8-21)29(19-27)31-16-9-22-17-23(10-15-30(22)38-31)33-39-32-18-24(35(41)42)20-37-34(32)40(33)26-5-3-2-4-6-26/h7-20,26H,2-6H2,1H3,(H,41,42). The summed E-state index contributed by atoms with van der Waals surface area (Å²) in [6.45, 7) is 0. The molecule has 0 aliphatic heterocycles. The van der Waals surface area contributed by atoms with E-state index in [9.17, 15) is 9.90 Å². The summed E-state index contributed by atoms with van der Waals surface area (Å²) in [6, 6.07) is 26.0. The normalized spacial score (nSPS) is 13.9. The first-order chi connectivity index (χ1) is 21.0. The summed E-state index contributed by atoms with van der Waals surface area (Å²) in [5.74, 6) is 0.554. The molecule has 1 N–H and O–H groups in total. The number of hydrogen-bond acceptors (Lipinski definition) is 5. The molecule has 7 nitrogen and oxygen atoms in total. The topological polar surface area (TPSA) is 90.1 Å². The van der Waals surface area contributed by atoms with Crippen LogP contribution in [-0.4, -0.2) is 37.7 Å². The molecule has 43 heavy (non-hydrogen) atoms. The SMILES string of the molecule is COc1ccc(-c2ccc(Cl)cc2)c(-c2ccc3cc(-c4nc5cc(C(=O)O)cnc5n4C4CCCCC4)ccc3n2)c1. The number of rotatable bonds is 6. The van der Waals surface area contributed by atoms with E-state index in [1.807, 2.05) is 60.7 Å². The summed E-state index contributed by atoms with van der Waals surface area (Å²) in [7, 11) is 1.66. The summed E-state index contributed by atoms with van der Waals surface area (Å²) in [6.07, 6.45) is 7.07. The van der Waals surface area contributed by atoms with Crippen molar-refractivity contribution in [2.45, 2.75) is 38.1 Å². The van der Waals surface area contributed by atoms with E-state index in [4.69, 9.17) is 26.3 Å². The summed E-state index contributed by atoms with van der Waals surface area (Å²) in [5, 5.41) is 11.2. The number of aromatic carboxylic acids is 1. The molecule has 0 amide bonds. The Kier molecular flexibility index (Phi) is 7.03. The second-order valence-electron chi connectivity index (χ2n) is 11.0. The number of ether oxygens (including phenoxy) is 1. The molecule has 6 aromatic rings. The lowest BCUT2D eigenvalue weighted by Crippen LogP contribution is -2.14. The second-order valence-corrected chi connectivity index (χ2v) is 11.4. The highest BCUT2D eigenvalue weighted by atomic mass is 35.5. The molecular weight excluding hydrogens is 560 g/mol. The van der Waals surface area contributed by atoms with Crippen molar-refractivity contribution in [2.24, 2.45) is 0 Å². The number of halogens is 1. The molecule has 1 saturated carbocycles. The van der Waals surface area contributed by atoms with Gasteiger partial charge in [-0.2, -0.15) is 0 Å². The molecule has 3 heterocycles. The lowest BCUT2D eigenvalue weighted by Gasteiger charge is -2.25. The van der Waals surface area contributed by atoms with Crippen LogP contribution in [0.15, 0.2) is 85.1 Å². The molecule has 1 fully saturated rings. The van der Waals surface area contributed by atoms with Crippen molar-refractivity contribution < 1.29 is 14.6 Å². The number of fused-ring (bicyclic) bond motifs is 2. The van der Waals surface area contributed by atoms with Gasteiger partial charge in [0.25, 0.3) is 0 Å². The Bertz CT molecular complexity index is 2000. The van der Waals surface area contributed by atoms with Crippen LogP contribution in [0.1, 0.15) is 48.5 Å². The maximum Gasteiger partial charge on any atom is 0.337 e. The van der Waals surface area contributed by atoms with Crippen LogP contribution in [0.25, 0.3) is 55.8 Å². The van der Waals surface area contributed by atoms with E-state index in [1.54, 1.807) is 13.2 Å². The van der Waals surface area contributed by atoms with Crippen LogP contribution in [-0.2, 0) is 0 Å². The average molecular weight is 589 g/mol. The fraction of sp³-hybridized carbons (Fsp3) is 0.200. The Morgan fingerprint density at radius 3 is 2.42 bits per heavy atom. The fourth-order valence-electron chi connectivity index (χ4n) is 6.15. The molecule has 3 aromatic carbocycles. The van der Waals surface area contributed by atoms with Crippen molar-refractivity contribution >= 4 is 39.6 Å². The maximum absolute atomic E-state index is 11.6. The molecule has 0 spiro atoms. The number of pyridine rings is 2. The van der Waals surface area contributed by atoms with Gasteiger partial charge < -0.3 is 14.4 Å². The third kappa shape index (κ3) is 5.10. The monoisotopic (exact) mass is 588 g/mol. The lowest BCUT2D eigenvalue weighted by atomic mass is 9.95. The number of carboxylic acid groups (broad SMARTS) is 1. The third-order valence-corrected chi connectivity index (χ3v) is 8.57. The van der Waals surface area contributed by atoms with Gasteiger partial charge in [0, 0.05) is 33.8 Å². The van der Waals surface area contributed by atoms with Gasteiger partial charge in [0.1, 0.15) is 17.1 Å². The summed E-state index contributed by atoms with van der Waals surface area (Å²) >= 11 is 6.16. The molecule has 3 aromatic heterocycles. The first kappa shape index (κ1) is 27.1. The second kappa shape index (κ2) is 11.2. The van der Waals surface area contributed by atoms with Gasteiger partial charge in [0.05, 0.1) is 23.9 Å². The number of carbonyl (C=O) groups is 1. The Morgan fingerprint density at radius 2 is 1.65 bits per heavy atom. The van der Waals surface area contributed by atoms with Crippen molar-refractivity contribution in [1.82, 2.24) is 19.5 Å². The van der Waals surface area contributed by atoms with E-state index >= 15 is 0 Å². The first-order valence-corrected chi connectivity index (χ1v) is 14.8. The Hall–Kier alpha value is -4.75. The van der Waals surface area contributed by atoms with E-state index < -0.39 is 5.97 Å². The van der Waals surface area contributed by atoms with Crippen LogP contribution >= 0.6 is 11.6 Å². The van der Waals surface area contributed by atoms with Crippen LogP contribution < -0.4 is 4.74 Å². The fourth-order valence-corrected chi connectivity index (χ4v) is 6.27. The van der Waals surface area contributed by atoms with Crippen molar-refractivity contribution in [3.8, 4) is 39.5 Å². The van der Waals surface area contributed by atoms with Gasteiger partial charge >= 0.3 is 5.97 Å². The first-order valence-electron chi connectivity index (χ1n) is 14.5. The zero-order valence-electron chi connectivity index (χ0n) is 23.6. The molecule has 0 atom stereocenters. The number of nitrogens with zero attached hydrogens (tertiary/aromatic N) is 4. The quantitative estimate of drug-likeness (QED) is 0.209. The van der Waals surface area contributed by atoms with Gasteiger partial charge in [-0.15, -0.1) is 0 Å². The summed E-state index contributed by atoms with van der Waals surface area (Å²) in [5.41, 5.74) is 7.16. The van der Waals surface area contributed by atoms with E-state index in [2.05, 4.69) is 21.7 Å². The minimum Gasteiger partial charge on any atom is -0.497 e. The maximum atomic E-state index is 11.6. The Morgan fingerprint density at radius 1 is 0.860 bits per heavy atom. The molecule has 7 rings (SSSR count). The van der Waals surface area contributed by atoms with Gasteiger partial charge in [0.2, 0.25) is 0 Å². The predicted octanol–water partition coefficient (Wildman–Crippen LogP) is 8.85. The van der Waals surface area contributed by atoms with Crippen molar-refractivity contribution in [3.05, 3.63) is 95.6 Å². The Labute approximate surface area is 253 Å². The molecular formula is C35H29ClN4O3. The molecule has 1 aliphatic carbocycles. The predicted molar refractivity (Wildman–Crippen MR) is 170 cm³/mol. The van der Waals surface area contributed by atoms with Gasteiger partial charge in [-0.3, -0.25) is 0 Å². The van der Waals surface area contributed by atoms with Crippen LogP contribution in [0.5, 0.6) is 5.75 Å². The van der Waals surface area contributed by atoms with Gasteiger partial charge in [-0.25, -0.2) is 19.7 Å². The molecule has 0 bridgehead atoms. The minimum absolute atomic E-state index is 0.137. The molecule has 1 aliphatic rings. The van der Waals surface area contributed by atoms with E-state index in [0.29, 0.717) is 10.5 Å². The molecule has 214 valence electrons. The van der Waals surface area contributed by atoms with Crippen LogP contribution in [0.3, 0.4) is 0 Å². The van der Waals surface area contributed by atoms with Gasteiger partial charge in [0.15, 0.2) is 5.65 Å². The lowest BCUT2D eigenvalue weighted by molar-refractivity contribution is 0.0696. The highest BCUT2D eigenvalue weighted by molar-refractivity contribution is 6.30. The molecule has 0 unspecified atom stereocenters. The summed E-state index contributed by atoms with van der Waals surface area (Å²) in [4.78, 5) is 26.2. The largest absolute Gasteiger partial charge is 0.497 e. The van der Waals surface area contributed by atoms with Crippen LogP contribution in [0.4, 0.5) is 0 Å². The van der Waals surface area contributed by atoms with Crippen LogP contribution in [0, 0.1) is 0 Å². The van der Waals surface area contributed by atoms with Crippen LogP contribution in [0.2, 0.25) is 5.02 Å². The number of methoxy groups -OCH3 is 1. The van der Waals surface area contributed by atoms with E-state index in [-0.39, 0.29) is 11.6 Å². The summed E-state index contributed by atoms with van der Waals surface area (Å²) < 4.78 is 7.77. The highest BCUT2D eigenvalue weighted by Gasteiger charge is 2.24. The van der Waals surface area contributed by atoms with Crippen molar-refractivity contribution in [1.29, 1.82) is 0 Å². The highest BCUT2D eigenvalue weighted by Crippen LogP contribution is 2.38. The zero-order chi connectivity index (χ0) is 29.5. The molecule has 0 radical (unpaired) electrons. The smallest absolute Gasteiger partial charge is 0.337 e. The van der Waals surface area contributed by atoms with Crippen molar-refractivity contribution in [3.63, 3.8) is 0 Å². The van der Waals surface area contributed by atoms with E-state index in [1.165, 1.54) is 12.6 Å².